The van der Waals surface area contributed by atoms with Crippen molar-refractivity contribution >= 4 is 34.1 Å². The van der Waals surface area contributed by atoms with Crippen LogP contribution in [0.4, 0.5) is 0 Å². The summed E-state index contributed by atoms with van der Waals surface area (Å²) in [6.07, 6.45) is 6.62. The van der Waals surface area contributed by atoms with E-state index in [4.69, 9.17) is 0 Å². The molecule has 2 unspecified atom stereocenters. The zero-order valence-corrected chi connectivity index (χ0v) is 16.0. The Hall–Kier alpha value is -1.93. The van der Waals surface area contributed by atoms with E-state index in [0.29, 0.717) is 6.42 Å². The molecule has 26 heavy (non-hydrogen) atoms. The third-order valence-electron chi connectivity index (χ3n) is 5.24. The highest BCUT2D eigenvalue weighted by atomic mass is 79.9. The van der Waals surface area contributed by atoms with Gasteiger partial charge in [-0.3, -0.25) is 14.6 Å². The molecule has 0 spiro atoms. The van der Waals surface area contributed by atoms with Gasteiger partial charge in [-0.2, -0.15) is 5.10 Å². The number of carbonyl (C=O) groups excluding carboxylic acids is 2. The minimum Gasteiger partial charge on any atom is -0.352 e. The first-order chi connectivity index (χ1) is 12.6. The van der Waals surface area contributed by atoms with Crippen LogP contribution in [-0.4, -0.2) is 46.8 Å². The molecular weight excluding hydrogens is 398 g/mol. The van der Waals surface area contributed by atoms with Crippen LogP contribution in [0.25, 0.3) is 0 Å². The molecule has 2 fully saturated rings. The third kappa shape index (κ3) is 3.61. The van der Waals surface area contributed by atoms with Crippen molar-refractivity contribution in [3.8, 4) is 0 Å². The minimum absolute atomic E-state index is 0.0148. The molecule has 1 aliphatic carbocycles. The predicted molar refractivity (Wildman–Crippen MR) is 101 cm³/mol. The van der Waals surface area contributed by atoms with Crippen molar-refractivity contribution < 1.29 is 9.59 Å². The van der Waals surface area contributed by atoms with E-state index in [1.54, 1.807) is 11.3 Å². The molecule has 4 rings (SSSR count). The molecule has 2 N–H and O–H groups in total. The smallest absolute Gasteiger partial charge is 0.267 e. The second-order valence-electron chi connectivity index (χ2n) is 7.07. The van der Waals surface area contributed by atoms with Gasteiger partial charge in [0.05, 0.1) is 6.04 Å². The number of nitrogens with zero attached hydrogens (tertiary/aromatic N) is 3. The molecule has 0 bridgehead atoms. The summed E-state index contributed by atoms with van der Waals surface area (Å²) < 4.78 is 1.02. The van der Waals surface area contributed by atoms with E-state index in [2.05, 4.69) is 31.8 Å². The number of amides is 2. The van der Waals surface area contributed by atoms with Crippen LogP contribution in [0.3, 0.4) is 0 Å². The summed E-state index contributed by atoms with van der Waals surface area (Å²) in [5.41, 5.74) is 4.43. The van der Waals surface area contributed by atoms with Crippen LogP contribution in [0.1, 0.15) is 43.7 Å². The first-order valence-electron chi connectivity index (χ1n) is 9.05. The van der Waals surface area contributed by atoms with Gasteiger partial charge < -0.3 is 5.32 Å². The number of fused-ring (bicyclic) bond motifs is 1. The van der Waals surface area contributed by atoms with E-state index >= 15 is 0 Å². The monoisotopic (exact) mass is 419 g/mol. The zero-order valence-electron chi connectivity index (χ0n) is 14.4. The Balaban J connectivity index is 1.37. The first kappa shape index (κ1) is 17.5. The Morgan fingerprint density at radius 1 is 1.27 bits per heavy atom. The minimum atomic E-state index is -0.333. The van der Waals surface area contributed by atoms with E-state index in [0.717, 1.165) is 35.7 Å². The summed E-state index contributed by atoms with van der Waals surface area (Å²) in [5.74, 6) is -0.271. The normalized spacial score (nSPS) is 25.7. The molecule has 2 atom stereocenters. The van der Waals surface area contributed by atoms with E-state index < -0.39 is 0 Å². The number of hydrazine groups is 1. The van der Waals surface area contributed by atoms with Gasteiger partial charge in [-0.05, 0) is 37.0 Å². The molecule has 2 aliphatic heterocycles. The molecule has 138 valence electrons. The topological polar surface area (TPSA) is 77.0 Å². The van der Waals surface area contributed by atoms with Gasteiger partial charge in [-0.1, -0.05) is 40.9 Å². The maximum atomic E-state index is 12.8. The van der Waals surface area contributed by atoms with E-state index in [-0.39, 0.29) is 36.5 Å². The van der Waals surface area contributed by atoms with Gasteiger partial charge in [0.1, 0.15) is 18.9 Å². The third-order valence-corrected chi connectivity index (χ3v) is 5.77. The van der Waals surface area contributed by atoms with Gasteiger partial charge in [0.2, 0.25) is 5.91 Å². The molecule has 2 amide bonds. The highest BCUT2D eigenvalue weighted by molar-refractivity contribution is 9.10. The van der Waals surface area contributed by atoms with Crippen molar-refractivity contribution in [2.75, 3.05) is 6.54 Å². The molecule has 3 aliphatic rings. The Morgan fingerprint density at radius 2 is 2.00 bits per heavy atom. The molecule has 2 heterocycles. The van der Waals surface area contributed by atoms with Crippen molar-refractivity contribution in [2.24, 2.45) is 5.10 Å². The van der Waals surface area contributed by atoms with Crippen LogP contribution in [-0.2, 0) is 9.59 Å². The number of hydrogen-bond donors (Lipinski definition) is 2. The van der Waals surface area contributed by atoms with Crippen molar-refractivity contribution in [1.29, 1.82) is 0 Å². The van der Waals surface area contributed by atoms with Gasteiger partial charge in [0, 0.05) is 10.5 Å². The summed E-state index contributed by atoms with van der Waals surface area (Å²) in [5, 5.41) is 10.2. The lowest BCUT2D eigenvalue weighted by atomic mass is 10.0. The Kier molecular flexibility index (Phi) is 4.95. The van der Waals surface area contributed by atoms with Gasteiger partial charge in [-0.25, -0.2) is 10.4 Å². The molecule has 1 aromatic rings. The first-order valence-corrected chi connectivity index (χ1v) is 9.84. The largest absolute Gasteiger partial charge is 0.352 e. The second-order valence-corrected chi connectivity index (χ2v) is 7.98. The van der Waals surface area contributed by atoms with Crippen molar-refractivity contribution in [3.63, 3.8) is 0 Å². The number of rotatable bonds is 4. The van der Waals surface area contributed by atoms with Crippen molar-refractivity contribution in [1.82, 2.24) is 20.8 Å². The Labute approximate surface area is 160 Å². The molecule has 0 radical (unpaired) electrons. The fourth-order valence-corrected chi connectivity index (χ4v) is 4.11. The van der Waals surface area contributed by atoms with Crippen LogP contribution in [0.5, 0.6) is 0 Å². The average Bonchev–Trinajstić information content (AvgIpc) is 3.28. The SMILES string of the molecule is O=C(CN1N=CN2NC(c3ccc(Br)cc3)CC2C1=O)NC1CCCC1. The molecule has 8 heteroatoms. The molecular formula is C18H22BrN5O2. The van der Waals surface area contributed by atoms with E-state index in [9.17, 15) is 9.59 Å². The maximum Gasteiger partial charge on any atom is 0.267 e. The van der Waals surface area contributed by atoms with Gasteiger partial charge in [-0.15, -0.1) is 0 Å². The van der Waals surface area contributed by atoms with Crippen LogP contribution in [0.2, 0.25) is 0 Å². The lowest BCUT2D eigenvalue weighted by Gasteiger charge is -2.30. The van der Waals surface area contributed by atoms with Gasteiger partial charge in [0.25, 0.3) is 5.91 Å². The van der Waals surface area contributed by atoms with Crippen molar-refractivity contribution in [3.05, 3.63) is 34.3 Å². The summed E-state index contributed by atoms with van der Waals surface area (Å²) in [6, 6.07) is 8.02. The van der Waals surface area contributed by atoms with E-state index in [1.807, 2.05) is 24.3 Å². The summed E-state index contributed by atoms with van der Waals surface area (Å²) >= 11 is 3.44. The van der Waals surface area contributed by atoms with Crippen LogP contribution < -0.4 is 10.7 Å². The average molecular weight is 420 g/mol. The fraction of sp³-hybridized carbons (Fsp3) is 0.500. The molecule has 0 aromatic heterocycles. The molecule has 1 aromatic carbocycles. The molecule has 1 saturated carbocycles. The highest BCUT2D eigenvalue weighted by Crippen LogP contribution is 2.30. The fourth-order valence-electron chi connectivity index (χ4n) is 3.84. The number of hydrazone groups is 1. The number of benzene rings is 1. The lowest BCUT2D eigenvalue weighted by molar-refractivity contribution is -0.140. The standard InChI is InChI=1S/C18H22BrN5O2/c19-13-7-5-12(6-8-13)15-9-16-18(26)23(20-11-24(16)22-15)10-17(25)21-14-3-1-2-4-14/h5-8,11,14-16,22H,1-4,9-10H2,(H,21,25). The summed E-state index contributed by atoms with van der Waals surface area (Å²) in [6.45, 7) is -0.0148. The Bertz CT molecular complexity index is 717. The molecule has 1 saturated heterocycles. The Morgan fingerprint density at radius 3 is 2.73 bits per heavy atom. The number of halogens is 1. The van der Waals surface area contributed by atoms with Crippen LogP contribution in [0.15, 0.2) is 33.8 Å². The lowest BCUT2D eigenvalue weighted by Crippen LogP contribution is -2.53. The quantitative estimate of drug-likeness (QED) is 0.781. The second kappa shape index (κ2) is 7.36. The van der Waals surface area contributed by atoms with Crippen molar-refractivity contribution in [2.45, 2.75) is 50.2 Å². The number of hydrogen-bond acceptors (Lipinski definition) is 5. The zero-order chi connectivity index (χ0) is 18.1. The number of carbonyl (C=O) groups is 2. The van der Waals surface area contributed by atoms with Crippen LogP contribution in [0, 0.1) is 0 Å². The van der Waals surface area contributed by atoms with Crippen LogP contribution >= 0.6 is 15.9 Å². The van der Waals surface area contributed by atoms with E-state index in [1.165, 1.54) is 5.01 Å². The summed E-state index contributed by atoms with van der Waals surface area (Å²) in [4.78, 5) is 25.0. The van der Waals surface area contributed by atoms with Gasteiger partial charge in [0.15, 0.2) is 0 Å². The number of nitrogens with one attached hydrogen (secondary N) is 2. The predicted octanol–water partition coefficient (Wildman–Crippen LogP) is 1.91. The maximum absolute atomic E-state index is 12.8. The summed E-state index contributed by atoms with van der Waals surface area (Å²) in [7, 11) is 0. The molecule has 7 nitrogen and oxygen atoms in total. The van der Waals surface area contributed by atoms with Gasteiger partial charge >= 0.3 is 0 Å². The highest BCUT2D eigenvalue weighted by Gasteiger charge is 2.41.